The zero-order valence-electron chi connectivity index (χ0n) is 8.79. The van der Waals surface area contributed by atoms with Crippen molar-refractivity contribution in [3.8, 4) is 0 Å². The first kappa shape index (κ1) is 9.71. The highest BCUT2D eigenvalue weighted by Gasteiger charge is 2.02. The molecule has 1 aromatic heterocycles. The molecule has 0 saturated heterocycles. The van der Waals surface area contributed by atoms with Gasteiger partial charge in [-0.05, 0) is 25.1 Å². The quantitative estimate of drug-likeness (QED) is 0.786. The number of carbonyl (C=O) groups is 1. The SMILES string of the molecule is CCC(=O)Nc1ccc2nc(C)[nH]c2c1. The molecule has 4 heteroatoms. The fourth-order valence-electron chi connectivity index (χ4n) is 1.46. The normalized spacial score (nSPS) is 10.5. The van der Waals surface area contributed by atoms with Crippen molar-refractivity contribution in [2.24, 2.45) is 0 Å². The zero-order chi connectivity index (χ0) is 10.8. The molecule has 4 nitrogen and oxygen atoms in total. The van der Waals surface area contributed by atoms with Crippen LogP contribution in [0.15, 0.2) is 18.2 Å². The van der Waals surface area contributed by atoms with Crippen LogP contribution in [0.25, 0.3) is 11.0 Å². The van der Waals surface area contributed by atoms with E-state index in [1.54, 1.807) is 0 Å². The van der Waals surface area contributed by atoms with E-state index in [-0.39, 0.29) is 5.91 Å². The lowest BCUT2D eigenvalue weighted by molar-refractivity contribution is -0.115. The molecule has 0 atom stereocenters. The summed E-state index contributed by atoms with van der Waals surface area (Å²) in [5, 5.41) is 2.81. The van der Waals surface area contributed by atoms with Gasteiger partial charge >= 0.3 is 0 Å². The zero-order valence-corrected chi connectivity index (χ0v) is 8.79. The van der Waals surface area contributed by atoms with Crippen molar-refractivity contribution in [3.63, 3.8) is 0 Å². The average molecular weight is 203 g/mol. The number of anilines is 1. The van der Waals surface area contributed by atoms with Crippen LogP contribution in [0.3, 0.4) is 0 Å². The van der Waals surface area contributed by atoms with Crippen molar-refractivity contribution in [1.29, 1.82) is 0 Å². The van der Waals surface area contributed by atoms with E-state index in [0.717, 1.165) is 22.5 Å². The van der Waals surface area contributed by atoms with Crippen LogP contribution in [-0.2, 0) is 4.79 Å². The third-order valence-corrected chi connectivity index (χ3v) is 2.21. The van der Waals surface area contributed by atoms with Crippen LogP contribution in [-0.4, -0.2) is 15.9 Å². The standard InChI is InChI=1S/C11H13N3O/c1-3-11(15)14-8-4-5-9-10(6-8)13-7(2)12-9/h4-6H,3H2,1-2H3,(H,12,13)(H,14,15). The molecule has 1 heterocycles. The number of benzene rings is 1. The number of nitrogens with zero attached hydrogens (tertiary/aromatic N) is 1. The van der Waals surface area contributed by atoms with Gasteiger partial charge in [-0.15, -0.1) is 0 Å². The Morgan fingerprint density at radius 1 is 1.53 bits per heavy atom. The van der Waals surface area contributed by atoms with Gasteiger partial charge < -0.3 is 10.3 Å². The molecule has 2 rings (SSSR count). The minimum Gasteiger partial charge on any atom is -0.342 e. The second kappa shape index (κ2) is 3.73. The fraction of sp³-hybridized carbons (Fsp3) is 0.273. The topological polar surface area (TPSA) is 57.8 Å². The summed E-state index contributed by atoms with van der Waals surface area (Å²) in [6.45, 7) is 3.73. The second-order valence-corrected chi connectivity index (χ2v) is 3.46. The Balaban J connectivity index is 2.33. The minimum absolute atomic E-state index is 0.0191. The summed E-state index contributed by atoms with van der Waals surface area (Å²) in [7, 11) is 0. The lowest BCUT2D eigenvalue weighted by Gasteiger charge is -2.02. The van der Waals surface area contributed by atoms with Crippen molar-refractivity contribution < 1.29 is 4.79 Å². The van der Waals surface area contributed by atoms with Crippen molar-refractivity contribution >= 4 is 22.6 Å². The number of aryl methyl sites for hydroxylation is 1. The van der Waals surface area contributed by atoms with E-state index in [1.165, 1.54) is 0 Å². The number of H-pyrrole nitrogens is 1. The lowest BCUT2D eigenvalue weighted by Crippen LogP contribution is -2.09. The van der Waals surface area contributed by atoms with Gasteiger partial charge in [-0.3, -0.25) is 4.79 Å². The maximum Gasteiger partial charge on any atom is 0.224 e. The van der Waals surface area contributed by atoms with Crippen LogP contribution >= 0.6 is 0 Å². The number of aromatic amines is 1. The molecule has 2 aromatic rings. The molecule has 0 aliphatic rings. The van der Waals surface area contributed by atoms with Gasteiger partial charge in [0.1, 0.15) is 5.82 Å². The molecule has 1 aromatic carbocycles. The highest BCUT2D eigenvalue weighted by atomic mass is 16.1. The molecule has 0 spiro atoms. The van der Waals surface area contributed by atoms with E-state index in [0.29, 0.717) is 6.42 Å². The number of nitrogens with one attached hydrogen (secondary N) is 2. The summed E-state index contributed by atoms with van der Waals surface area (Å²) < 4.78 is 0. The van der Waals surface area contributed by atoms with E-state index in [9.17, 15) is 4.79 Å². The fourth-order valence-corrected chi connectivity index (χ4v) is 1.46. The molecule has 15 heavy (non-hydrogen) atoms. The number of fused-ring (bicyclic) bond motifs is 1. The number of imidazole rings is 1. The summed E-state index contributed by atoms with van der Waals surface area (Å²) in [6, 6.07) is 5.64. The summed E-state index contributed by atoms with van der Waals surface area (Å²) in [4.78, 5) is 18.6. The number of rotatable bonds is 2. The van der Waals surface area contributed by atoms with Crippen LogP contribution in [0, 0.1) is 6.92 Å². The van der Waals surface area contributed by atoms with Crippen LogP contribution in [0.5, 0.6) is 0 Å². The molecular weight excluding hydrogens is 190 g/mol. The first-order valence-electron chi connectivity index (χ1n) is 4.95. The van der Waals surface area contributed by atoms with Crippen molar-refractivity contribution in [2.45, 2.75) is 20.3 Å². The lowest BCUT2D eigenvalue weighted by atomic mass is 10.2. The molecule has 0 aliphatic carbocycles. The summed E-state index contributed by atoms with van der Waals surface area (Å²) >= 11 is 0. The molecule has 0 unspecified atom stereocenters. The Labute approximate surface area is 87.7 Å². The second-order valence-electron chi connectivity index (χ2n) is 3.46. The van der Waals surface area contributed by atoms with Crippen LogP contribution in [0.4, 0.5) is 5.69 Å². The number of hydrogen-bond donors (Lipinski definition) is 2. The molecule has 78 valence electrons. The number of amides is 1. The highest BCUT2D eigenvalue weighted by Crippen LogP contribution is 2.17. The van der Waals surface area contributed by atoms with Crippen LogP contribution in [0.2, 0.25) is 0 Å². The summed E-state index contributed by atoms with van der Waals surface area (Å²) in [6.07, 6.45) is 0.486. The monoisotopic (exact) mass is 203 g/mol. The van der Waals surface area contributed by atoms with E-state index >= 15 is 0 Å². The third kappa shape index (κ3) is 1.98. The molecule has 0 radical (unpaired) electrons. The van der Waals surface area contributed by atoms with Gasteiger partial charge in [0, 0.05) is 12.1 Å². The first-order valence-corrected chi connectivity index (χ1v) is 4.95. The van der Waals surface area contributed by atoms with Gasteiger partial charge in [-0.1, -0.05) is 6.92 Å². The van der Waals surface area contributed by atoms with E-state index in [4.69, 9.17) is 0 Å². The maximum atomic E-state index is 11.2. The Morgan fingerprint density at radius 3 is 3.07 bits per heavy atom. The molecule has 0 saturated carbocycles. The molecule has 0 bridgehead atoms. The van der Waals surface area contributed by atoms with E-state index in [1.807, 2.05) is 32.0 Å². The maximum absolute atomic E-state index is 11.2. The number of aromatic nitrogens is 2. The number of hydrogen-bond acceptors (Lipinski definition) is 2. The third-order valence-electron chi connectivity index (χ3n) is 2.21. The van der Waals surface area contributed by atoms with Crippen molar-refractivity contribution in [3.05, 3.63) is 24.0 Å². The smallest absolute Gasteiger partial charge is 0.224 e. The largest absolute Gasteiger partial charge is 0.342 e. The van der Waals surface area contributed by atoms with Crippen molar-refractivity contribution in [1.82, 2.24) is 9.97 Å². The summed E-state index contributed by atoms with van der Waals surface area (Å²) in [5.41, 5.74) is 2.67. The molecule has 0 aliphatic heterocycles. The first-order chi connectivity index (χ1) is 7.19. The molecule has 2 N–H and O–H groups in total. The predicted octanol–water partition coefficient (Wildman–Crippen LogP) is 2.22. The Hall–Kier alpha value is -1.84. The predicted molar refractivity (Wildman–Crippen MR) is 59.8 cm³/mol. The van der Waals surface area contributed by atoms with Crippen LogP contribution < -0.4 is 5.32 Å². The van der Waals surface area contributed by atoms with Gasteiger partial charge in [0.05, 0.1) is 11.0 Å². The summed E-state index contributed by atoms with van der Waals surface area (Å²) in [5.74, 6) is 0.898. The van der Waals surface area contributed by atoms with Gasteiger partial charge in [0.2, 0.25) is 5.91 Å². The van der Waals surface area contributed by atoms with E-state index < -0.39 is 0 Å². The van der Waals surface area contributed by atoms with Crippen molar-refractivity contribution in [2.75, 3.05) is 5.32 Å². The average Bonchev–Trinajstić information content (AvgIpc) is 2.57. The Morgan fingerprint density at radius 2 is 2.33 bits per heavy atom. The highest BCUT2D eigenvalue weighted by molar-refractivity contribution is 5.92. The van der Waals surface area contributed by atoms with Crippen LogP contribution in [0.1, 0.15) is 19.2 Å². The molecular formula is C11H13N3O. The number of carbonyl (C=O) groups excluding carboxylic acids is 1. The van der Waals surface area contributed by atoms with Gasteiger partial charge in [-0.25, -0.2) is 4.98 Å². The van der Waals surface area contributed by atoms with Gasteiger partial charge in [-0.2, -0.15) is 0 Å². The van der Waals surface area contributed by atoms with Gasteiger partial charge in [0.25, 0.3) is 0 Å². The molecule has 0 fully saturated rings. The molecule has 1 amide bonds. The van der Waals surface area contributed by atoms with Gasteiger partial charge in [0.15, 0.2) is 0 Å². The Kier molecular flexibility index (Phi) is 2.41. The Bertz CT molecular complexity index is 502. The van der Waals surface area contributed by atoms with E-state index in [2.05, 4.69) is 15.3 Å². The minimum atomic E-state index is 0.0191.